The molecule has 0 aromatic heterocycles. The van der Waals surface area contributed by atoms with Crippen LogP contribution in [0.4, 0.5) is 5.69 Å². The lowest BCUT2D eigenvalue weighted by Crippen LogP contribution is -2.14. The van der Waals surface area contributed by atoms with E-state index in [2.05, 4.69) is 5.32 Å². The van der Waals surface area contributed by atoms with Crippen LogP contribution in [0, 0.1) is 11.3 Å². The highest BCUT2D eigenvalue weighted by atomic mass is 35.5. The molecule has 128 valence electrons. The maximum Gasteiger partial charge on any atom is 0.266 e. The Labute approximate surface area is 156 Å². The van der Waals surface area contributed by atoms with Crippen LogP contribution in [-0.2, 0) is 4.79 Å². The zero-order valence-electron chi connectivity index (χ0n) is 13.7. The molecule has 0 heterocycles. The van der Waals surface area contributed by atoms with Crippen LogP contribution in [-0.4, -0.2) is 12.0 Å². The minimum atomic E-state index is -0.564. The number of anilines is 1. The summed E-state index contributed by atoms with van der Waals surface area (Å²) in [5, 5.41) is 12.7. The van der Waals surface area contributed by atoms with Gasteiger partial charge in [0.2, 0.25) is 0 Å². The fourth-order valence-corrected chi connectivity index (χ4v) is 2.50. The Kier molecular flexibility index (Phi) is 6.46. The van der Waals surface area contributed by atoms with Gasteiger partial charge in [0.25, 0.3) is 5.91 Å². The van der Waals surface area contributed by atoms with Gasteiger partial charge in [-0.1, -0.05) is 41.4 Å². The van der Waals surface area contributed by atoms with E-state index in [4.69, 9.17) is 27.9 Å². The third-order valence-electron chi connectivity index (χ3n) is 3.13. The number of nitriles is 1. The van der Waals surface area contributed by atoms with Crippen molar-refractivity contribution in [3.8, 4) is 11.8 Å². The van der Waals surface area contributed by atoms with Crippen LogP contribution in [0.5, 0.6) is 5.75 Å². The highest BCUT2D eigenvalue weighted by Crippen LogP contribution is 2.26. The third kappa shape index (κ3) is 5.25. The molecule has 0 aliphatic rings. The van der Waals surface area contributed by atoms with E-state index >= 15 is 0 Å². The molecule has 2 rings (SSSR count). The number of nitrogens with one attached hydrogen (secondary N) is 1. The molecule has 1 N–H and O–H groups in total. The molecule has 0 atom stereocenters. The summed E-state index contributed by atoms with van der Waals surface area (Å²) in [5.74, 6) is 0.0358. The van der Waals surface area contributed by atoms with Gasteiger partial charge in [-0.15, -0.1) is 0 Å². The number of ether oxygens (including phenoxy) is 1. The molecule has 2 aromatic rings. The van der Waals surface area contributed by atoms with Crippen molar-refractivity contribution in [3.63, 3.8) is 0 Å². The number of hydrogen-bond donors (Lipinski definition) is 1. The van der Waals surface area contributed by atoms with Crippen molar-refractivity contribution in [1.82, 2.24) is 0 Å². The standard InChI is InChI=1S/C19H16Cl2N2O2/c1-12(2)25-18-6-4-3-5-13(18)9-14(11-22)19(24)23-17-8-7-15(20)10-16(17)21/h3-10,12H,1-2H3,(H,23,24)/b14-9+. The zero-order chi connectivity index (χ0) is 18.4. The lowest BCUT2D eigenvalue weighted by molar-refractivity contribution is -0.112. The highest BCUT2D eigenvalue weighted by molar-refractivity contribution is 6.36. The molecule has 0 fully saturated rings. The van der Waals surface area contributed by atoms with Crippen LogP contribution in [0.1, 0.15) is 19.4 Å². The second kappa shape index (κ2) is 8.57. The van der Waals surface area contributed by atoms with Gasteiger partial charge in [-0.25, -0.2) is 0 Å². The van der Waals surface area contributed by atoms with E-state index in [-0.39, 0.29) is 11.7 Å². The van der Waals surface area contributed by atoms with Gasteiger partial charge < -0.3 is 10.1 Å². The summed E-state index contributed by atoms with van der Waals surface area (Å²) >= 11 is 11.9. The van der Waals surface area contributed by atoms with Gasteiger partial charge in [0.05, 0.1) is 16.8 Å². The van der Waals surface area contributed by atoms with Gasteiger partial charge in [-0.2, -0.15) is 5.26 Å². The summed E-state index contributed by atoms with van der Waals surface area (Å²) in [5.41, 5.74) is 0.958. The predicted octanol–water partition coefficient (Wildman–Crippen LogP) is 5.33. The zero-order valence-corrected chi connectivity index (χ0v) is 15.2. The van der Waals surface area contributed by atoms with Crippen molar-refractivity contribution in [2.75, 3.05) is 5.32 Å². The van der Waals surface area contributed by atoms with Gasteiger partial charge in [-0.3, -0.25) is 4.79 Å². The number of carbonyl (C=O) groups excluding carboxylic acids is 1. The Morgan fingerprint density at radius 1 is 1.24 bits per heavy atom. The van der Waals surface area contributed by atoms with Crippen LogP contribution in [0.25, 0.3) is 6.08 Å². The first-order valence-electron chi connectivity index (χ1n) is 7.54. The molecule has 0 saturated carbocycles. The highest BCUT2D eigenvalue weighted by Gasteiger charge is 2.13. The fourth-order valence-electron chi connectivity index (χ4n) is 2.05. The molecule has 4 nitrogen and oxygen atoms in total. The molecule has 0 aliphatic carbocycles. The van der Waals surface area contributed by atoms with Crippen LogP contribution >= 0.6 is 23.2 Å². The molecule has 0 unspecified atom stereocenters. The molecule has 2 aromatic carbocycles. The number of carbonyl (C=O) groups is 1. The Morgan fingerprint density at radius 2 is 1.96 bits per heavy atom. The summed E-state index contributed by atoms with van der Waals surface area (Å²) in [6, 6.07) is 13.8. The van der Waals surface area contributed by atoms with E-state index in [0.29, 0.717) is 27.0 Å². The number of rotatable bonds is 5. The first kappa shape index (κ1) is 18.9. The quantitative estimate of drug-likeness (QED) is 0.568. The Bertz CT molecular complexity index is 855. The van der Waals surface area contributed by atoms with E-state index in [9.17, 15) is 10.1 Å². The average Bonchev–Trinajstić information content (AvgIpc) is 2.56. The SMILES string of the molecule is CC(C)Oc1ccccc1/C=C(\C#N)C(=O)Nc1ccc(Cl)cc1Cl. The number of amides is 1. The first-order chi connectivity index (χ1) is 11.9. The molecular weight excluding hydrogens is 359 g/mol. The van der Waals surface area contributed by atoms with Gasteiger partial charge in [0, 0.05) is 10.6 Å². The molecule has 25 heavy (non-hydrogen) atoms. The van der Waals surface area contributed by atoms with Crippen molar-refractivity contribution in [1.29, 1.82) is 5.26 Å². The van der Waals surface area contributed by atoms with Crippen LogP contribution < -0.4 is 10.1 Å². The van der Waals surface area contributed by atoms with Crippen molar-refractivity contribution < 1.29 is 9.53 Å². The second-order valence-electron chi connectivity index (χ2n) is 5.45. The van der Waals surface area contributed by atoms with Crippen molar-refractivity contribution in [2.45, 2.75) is 20.0 Å². The molecule has 1 amide bonds. The number of nitrogens with zero attached hydrogens (tertiary/aromatic N) is 1. The molecule has 0 radical (unpaired) electrons. The molecule has 0 saturated heterocycles. The number of para-hydroxylation sites is 1. The Hall–Kier alpha value is -2.48. The maximum absolute atomic E-state index is 12.4. The van der Waals surface area contributed by atoms with Crippen molar-refractivity contribution >= 4 is 40.9 Å². The topological polar surface area (TPSA) is 62.1 Å². The summed E-state index contributed by atoms with van der Waals surface area (Å²) in [7, 11) is 0. The van der Waals surface area contributed by atoms with Gasteiger partial charge in [0.15, 0.2) is 0 Å². The van der Waals surface area contributed by atoms with E-state index < -0.39 is 5.91 Å². The predicted molar refractivity (Wildman–Crippen MR) is 101 cm³/mol. The van der Waals surface area contributed by atoms with Gasteiger partial charge >= 0.3 is 0 Å². The first-order valence-corrected chi connectivity index (χ1v) is 8.30. The average molecular weight is 375 g/mol. The molecule has 0 aliphatic heterocycles. The fraction of sp³-hybridized carbons (Fsp3) is 0.158. The molecule has 6 heteroatoms. The van der Waals surface area contributed by atoms with E-state index in [1.165, 1.54) is 12.1 Å². The number of halogens is 2. The van der Waals surface area contributed by atoms with Crippen molar-refractivity contribution in [2.24, 2.45) is 0 Å². The molecular formula is C19H16Cl2N2O2. The van der Waals surface area contributed by atoms with E-state index in [0.717, 1.165) is 0 Å². The normalized spacial score (nSPS) is 11.1. The minimum Gasteiger partial charge on any atom is -0.490 e. The van der Waals surface area contributed by atoms with E-state index in [1.807, 2.05) is 32.0 Å². The Balaban J connectivity index is 2.28. The smallest absolute Gasteiger partial charge is 0.266 e. The maximum atomic E-state index is 12.4. The van der Waals surface area contributed by atoms with E-state index in [1.54, 1.807) is 24.3 Å². The van der Waals surface area contributed by atoms with Gasteiger partial charge in [0.1, 0.15) is 17.4 Å². The van der Waals surface area contributed by atoms with Crippen molar-refractivity contribution in [3.05, 3.63) is 63.6 Å². The van der Waals surface area contributed by atoms with Crippen LogP contribution in [0.3, 0.4) is 0 Å². The largest absolute Gasteiger partial charge is 0.490 e. The monoisotopic (exact) mass is 374 g/mol. The van der Waals surface area contributed by atoms with Crippen LogP contribution in [0.15, 0.2) is 48.0 Å². The summed E-state index contributed by atoms with van der Waals surface area (Å²) in [6.45, 7) is 3.81. The number of benzene rings is 2. The Morgan fingerprint density at radius 3 is 2.60 bits per heavy atom. The van der Waals surface area contributed by atoms with Crippen LogP contribution in [0.2, 0.25) is 10.0 Å². The summed E-state index contributed by atoms with van der Waals surface area (Å²) in [6.07, 6.45) is 1.46. The third-order valence-corrected chi connectivity index (χ3v) is 3.67. The molecule has 0 spiro atoms. The summed E-state index contributed by atoms with van der Waals surface area (Å²) in [4.78, 5) is 12.4. The molecule has 0 bridgehead atoms. The summed E-state index contributed by atoms with van der Waals surface area (Å²) < 4.78 is 5.70. The lowest BCUT2D eigenvalue weighted by Gasteiger charge is -2.12. The van der Waals surface area contributed by atoms with Gasteiger partial charge in [-0.05, 0) is 44.2 Å². The second-order valence-corrected chi connectivity index (χ2v) is 6.30. The lowest BCUT2D eigenvalue weighted by atomic mass is 10.1. The minimum absolute atomic E-state index is 0.0261. The number of hydrogen-bond acceptors (Lipinski definition) is 3.